The minimum absolute atomic E-state index is 0.0582. The Morgan fingerprint density at radius 2 is 1.91 bits per heavy atom. The van der Waals surface area contributed by atoms with Gasteiger partial charge < -0.3 is 9.15 Å². The molecule has 0 fully saturated rings. The third kappa shape index (κ3) is 4.77. The molecular formula is C25H18ClFN4O3. The fourth-order valence-corrected chi connectivity index (χ4v) is 3.65. The highest BCUT2D eigenvalue weighted by molar-refractivity contribution is 6.31. The molecule has 0 saturated heterocycles. The Morgan fingerprint density at radius 3 is 2.76 bits per heavy atom. The number of rotatable bonds is 7. The molecular weight excluding hydrogens is 459 g/mol. The van der Waals surface area contributed by atoms with Crippen molar-refractivity contribution in [2.24, 2.45) is 0 Å². The molecule has 170 valence electrons. The normalized spacial score (nSPS) is 11.0. The summed E-state index contributed by atoms with van der Waals surface area (Å²) in [5.41, 5.74) is 0.286. The molecule has 5 rings (SSSR count). The van der Waals surface area contributed by atoms with Crippen molar-refractivity contribution < 1.29 is 18.3 Å². The van der Waals surface area contributed by atoms with Crippen LogP contribution in [0.25, 0.3) is 10.8 Å². The van der Waals surface area contributed by atoms with Gasteiger partial charge in [0.05, 0.1) is 6.54 Å². The van der Waals surface area contributed by atoms with Gasteiger partial charge in [0, 0.05) is 10.6 Å². The molecule has 0 unspecified atom stereocenters. The van der Waals surface area contributed by atoms with Crippen molar-refractivity contribution in [3.05, 3.63) is 107 Å². The van der Waals surface area contributed by atoms with Crippen LogP contribution in [0.1, 0.15) is 21.9 Å². The summed E-state index contributed by atoms with van der Waals surface area (Å²) >= 11 is 6.05. The molecule has 5 aromatic rings. The van der Waals surface area contributed by atoms with E-state index in [1.54, 1.807) is 18.2 Å². The van der Waals surface area contributed by atoms with E-state index in [4.69, 9.17) is 20.8 Å². The molecule has 0 saturated carbocycles. The lowest BCUT2D eigenvalue weighted by atomic mass is 10.1. The molecule has 0 bridgehead atoms. The van der Waals surface area contributed by atoms with Gasteiger partial charge in [-0.2, -0.15) is 0 Å². The zero-order chi connectivity index (χ0) is 23.5. The molecule has 0 spiro atoms. The number of furan rings is 1. The Balaban J connectivity index is 1.19. The Morgan fingerprint density at radius 1 is 1.06 bits per heavy atom. The van der Waals surface area contributed by atoms with Crippen LogP contribution in [-0.2, 0) is 13.2 Å². The summed E-state index contributed by atoms with van der Waals surface area (Å²) in [6, 6.07) is 21.5. The van der Waals surface area contributed by atoms with E-state index in [0.29, 0.717) is 11.5 Å². The predicted molar refractivity (Wildman–Crippen MR) is 125 cm³/mol. The van der Waals surface area contributed by atoms with Crippen molar-refractivity contribution in [2.75, 3.05) is 5.32 Å². The highest BCUT2D eigenvalue weighted by Crippen LogP contribution is 2.22. The summed E-state index contributed by atoms with van der Waals surface area (Å²) in [5, 5.41) is 9.19. The molecule has 0 aliphatic rings. The fraction of sp³-hybridized carbons (Fsp3) is 0.0800. The van der Waals surface area contributed by atoms with Crippen LogP contribution in [0.3, 0.4) is 0 Å². The van der Waals surface area contributed by atoms with E-state index in [1.807, 2.05) is 42.5 Å². The van der Waals surface area contributed by atoms with E-state index < -0.39 is 11.7 Å². The Bertz CT molecular complexity index is 1460. The molecule has 2 heterocycles. The first-order chi connectivity index (χ1) is 16.5. The highest BCUT2D eigenvalue weighted by atomic mass is 35.5. The van der Waals surface area contributed by atoms with Crippen molar-refractivity contribution in [1.29, 1.82) is 0 Å². The second kappa shape index (κ2) is 9.36. The minimum Gasteiger partial charge on any atom is -0.486 e. The molecule has 0 aliphatic carbocycles. The summed E-state index contributed by atoms with van der Waals surface area (Å²) in [5.74, 6) is 0.381. The van der Waals surface area contributed by atoms with E-state index in [-0.39, 0.29) is 35.4 Å². The lowest BCUT2D eigenvalue weighted by Gasteiger charge is -2.06. The monoisotopic (exact) mass is 476 g/mol. The van der Waals surface area contributed by atoms with Gasteiger partial charge in [0.15, 0.2) is 5.76 Å². The summed E-state index contributed by atoms with van der Waals surface area (Å²) in [4.78, 5) is 16.5. The van der Waals surface area contributed by atoms with Crippen molar-refractivity contribution in [3.63, 3.8) is 0 Å². The van der Waals surface area contributed by atoms with Crippen molar-refractivity contribution in [2.45, 2.75) is 13.2 Å². The van der Waals surface area contributed by atoms with Gasteiger partial charge in [-0.1, -0.05) is 48.0 Å². The quantitative estimate of drug-likeness (QED) is 0.326. The van der Waals surface area contributed by atoms with Gasteiger partial charge in [-0.25, -0.2) is 14.1 Å². The van der Waals surface area contributed by atoms with Crippen LogP contribution < -0.4 is 10.1 Å². The van der Waals surface area contributed by atoms with E-state index >= 15 is 0 Å². The number of nitrogens with one attached hydrogen (secondary N) is 1. The first kappa shape index (κ1) is 21.7. The maximum absolute atomic E-state index is 14.0. The summed E-state index contributed by atoms with van der Waals surface area (Å²) in [7, 11) is 0. The Labute approximate surface area is 198 Å². The summed E-state index contributed by atoms with van der Waals surface area (Å²) < 4.78 is 26.7. The number of halogens is 2. The number of aromatic nitrogens is 3. The molecule has 2 aromatic heterocycles. The van der Waals surface area contributed by atoms with E-state index in [0.717, 1.165) is 10.8 Å². The van der Waals surface area contributed by atoms with E-state index in [1.165, 1.54) is 23.1 Å². The van der Waals surface area contributed by atoms with Gasteiger partial charge in [-0.15, -0.1) is 5.10 Å². The maximum Gasteiger partial charge on any atom is 0.293 e. The number of nitrogens with zero attached hydrogens (tertiary/aromatic N) is 3. The van der Waals surface area contributed by atoms with Gasteiger partial charge in [0.25, 0.3) is 5.91 Å². The number of ether oxygens (including phenoxy) is 1. The number of amides is 1. The fourth-order valence-electron chi connectivity index (χ4n) is 3.43. The molecule has 3 aromatic carbocycles. The smallest absolute Gasteiger partial charge is 0.293 e. The number of hydrogen-bond acceptors (Lipinski definition) is 5. The average Bonchev–Trinajstić information content (AvgIpc) is 3.50. The van der Waals surface area contributed by atoms with Crippen LogP contribution in [-0.4, -0.2) is 20.7 Å². The lowest BCUT2D eigenvalue weighted by Crippen LogP contribution is -2.13. The van der Waals surface area contributed by atoms with Crippen molar-refractivity contribution >= 4 is 34.2 Å². The highest BCUT2D eigenvalue weighted by Gasteiger charge is 2.15. The van der Waals surface area contributed by atoms with Crippen molar-refractivity contribution in [3.8, 4) is 5.75 Å². The SMILES string of the molecule is O=C(Nc1ncn(Cc2c(F)cccc2Cl)n1)c1ccc(COc2ccc3ccccc3c2)o1. The summed E-state index contributed by atoms with van der Waals surface area (Å²) in [6.07, 6.45) is 1.38. The van der Waals surface area contributed by atoms with E-state index in [9.17, 15) is 9.18 Å². The molecule has 7 nitrogen and oxygen atoms in total. The van der Waals surface area contributed by atoms with Crippen LogP contribution >= 0.6 is 11.6 Å². The average molecular weight is 477 g/mol. The van der Waals surface area contributed by atoms with Crippen LogP contribution in [0.4, 0.5) is 10.3 Å². The van der Waals surface area contributed by atoms with Crippen LogP contribution in [0.5, 0.6) is 5.75 Å². The maximum atomic E-state index is 14.0. The van der Waals surface area contributed by atoms with Gasteiger partial charge in [-0.05, 0) is 47.2 Å². The third-order valence-electron chi connectivity index (χ3n) is 5.13. The predicted octanol–water partition coefficient (Wildman–Crippen LogP) is 5.70. The Kier molecular flexibility index (Phi) is 5.97. The number of carbonyl (C=O) groups is 1. The van der Waals surface area contributed by atoms with Crippen molar-refractivity contribution in [1.82, 2.24) is 14.8 Å². The molecule has 0 aliphatic heterocycles. The first-order valence-electron chi connectivity index (χ1n) is 10.4. The molecule has 1 amide bonds. The number of carbonyl (C=O) groups excluding carboxylic acids is 1. The van der Waals surface area contributed by atoms with Crippen LogP contribution in [0.2, 0.25) is 5.02 Å². The number of benzene rings is 3. The standard InChI is InChI=1S/C25H18ClFN4O3/c26-21-6-3-7-22(27)20(21)13-31-15-28-25(30-31)29-24(32)23-11-10-19(34-23)14-33-18-9-8-16-4-1-2-5-17(16)12-18/h1-12,15H,13-14H2,(H,29,30,32). The zero-order valence-electron chi connectivity index (χ0n) is 17.7. The van der Waals surface area contributed by atoms with Crippen LogP contribution in [0, 0.1) is 5.82 Å². The molecule has 0 atom stereocenters. The van der Waals surface area contributed by atoms with E-state index in [2.05, 4.69) is 15.4 Å². The van der Waals surface area contributed by atoms with Gasteiger partial charge in [0.2, 0.25) is 5.95 Å². The Hall–Kier alpha value is -4.17. The first-order valence-corrected chi connectivity index (χ1v) is 10.8. The number of fused-ring (bicyclic) bond motifs is 1. The zero-order valence-corrected chi connectivity index (χ0v) is 18.5. The largest absolute Gasteiger partial charge is 0.486 e. The topological polar surface area (TPSA) is 82.2 Å². The van der Waals surface area contributed by atoms with Gasteiger partial charge in [-0.3, -0.25) is 10.1 Å². The molecule has 34 heavy (non-hydrogen) atoms. The minimum atomic E-state index is -0.515. The molecule has 0 radical (unpaired) electrons. The van der Waals surface area contributed by atoms with Gasteiger partial charge >= 0.3 is 0 Å². The second-order valence-electron chi connectivity index (χ2n) is 7.48. The summed E-state index contributed by atoms with van der Waals surface area (Å²) in [6.45, 7) is 0.243. The molecule has 1 N–H and O–H groups in total. The van der Waals surface area contributed by atoms with Gasteiger partial charge in [0.1, 0.15) is 30.3 Å². The number of hydrogen-bond donors (Lipinski definition) is 1. The number of anilines is 1. The second-order valence-corrected chi connectivity index (χ2v) is 7.89. The lowest BCUT2D eigenvalue weighted by molar-refractivity contribution is 0.0991. The third-order valence-corrected chi connectivity index (χ3v) is 5.49. The van der Waals surface area contributed by atoms with Crippen LogP contribution in [0.15, 0.2) is 83.5 Å². The molecule has 9 heteroatoms.